The molecule has 2 N–H and O–H groups in total. The van der Waals surface area contributed by atoms with Crippen molar-refractivity contribution in [3.05, 3.63) is 60.2 Å². The Labute approximate surface area is 160 Å². The van der Waals surface area contributed by atoms with Gasteiger partial charge in [0, 0.05) is 44.1 Å². The number of sulfonamides is 1. The second-order valence-corrected chi connectivity index (χ2v) is 8.38. The minimum Gasteiger partial charge on any atom is -0.322 e. The van der Waals surface area contributed by atoms with Crippen molar-refractivity contribution < 1.29 is 13.2 Å². The average molecular weight is 388 g/mol. The van der Waals surface area contributed by atoms with Crippen molar-refractivity contribution >= 4 is 27.4 Å². The molecule has 0 radical (unpaired) electrons. The van der Waals surface area contributed by atoms with Crippen molar-refractivity contribution in [2.45, 2.75) is 6.54 Å². The molecular weight excluding hydrogens is 364 g/mol. The molecule has 8 heteroatoms. The van der Waals surface area contributed by atoms with Gasteiger partial charge in [-0.05, 0) is 29.8 Å². The van der Waals surface area contributed by atoms with Gasteiger partial charge in [-0.25, -0.2) is 13.2 Å². The highest BCUT2D eigenvalue weighted by Gasteiger charge is 2.21. The lowest BCUT2D eigenvalue weighted by Crippen LogP contribution is -2.49. The van der Waals surface area contributed by atoms with Crippen LogP contribution < -0.4 is 10.0 Å². The molecule has 0 unspecified atom stereocenters. The monoisotopic (exact) mass is 388 g/mol. The summed E-state index contributed by atoms with van der Waals surface area (Å²) >= 11 is 0. The standard InChI is InChI=1S/C19H24N4O3S/c1-27(25,26)21-18-9-7-17(8-10-18)20-19(24)23-13-11-22(12-14-23)15-16-5-3-2-4-6-16/h2-10,21H,11-15H2,1H3,(H,20,24). The SMILES string of the molecule is CS(=O)(=O)Nc1ccc(NC(=O)N2CCN(Cc3ccccc3)CC2)cc1. The number of carbonyl (C=O) groups is 1. The second-order valence-electron chi connectivity index (χ2n) is 6.63. The highest BCUT2D eigenvalue weighted by atomic mass is 32.2. The van der Waals surface area contributed by atoms with E-state index in [0.717, 1.165) is 25.9 Å². The highest BCUT2D eigenvalue weighted by Crippen LogP contribution is 2.16. The van der Waals surface area contributed by atoms with Crippen LogP contribution in [0.2, 0.25) is 0 Å². The van der Waals surface area contributed by atoms with Crippen molar-refractivity contribution in [1.29, 1.82) is 0 Å². The first-order chi connectivity index (χ1) is 12.9. The van der Waals surface area contributed by atoms with E-state index in [-0.39, 0.29) is 6.03 Å². The predicted molar refractivity (Wildman–Crippen MR) is 107 cm³/mol. The van der Waals surface area contributed by atoms with Gasteiger partial charge in [0.2, 0.25) is 10.0 Å². The first-order valence-electron chi connectivity index (χ1n) is 8.79. The molecule has 144 valence electrons. The number of anilines is 2. The number of rotatable bonds is 5. The first kappa shape index (κ1) is 19.2. The van der Waals surface area contributed by atoms with E-state index in [0.29, 0.717) is 24.5 Å². The molecule has 1 aliphatic heterocycles. The van der Waals surface area contributed by atoms with Gasteiger partial charge >= 0.3 is 6.03 Å². The third-order valence-electron chi connectivity index (χ3n) is 4.35. The summed E-state index contributed by atoms with van der Waals surface area (Å²) in [6.45, 7) is 3.91. The maximum absolute atomic E-state index is 12.4. The van der Waals surface area contributed by atoms with Gasteiger partial charge in [-0.3, -0.25) is 9.62 Å². The maximum atomic E-state index is 12.4. The number of nitrogens with zero attached hydrogens (tertiary/aromatic N) is 2. The van der Waals surface area contributed by atoms with Gasteiger partial charge in [0.15, 0.2) is 0 Å². The molecule has 0 bridgehead atoms. The third kappa shape index (κ3) is 5.97. The molecule has 0 spiro atoms. The van der Waals surface area contributed by atoms with Crippen LogP contribution in [0.1, 0.15) is 5.56 Å². The fourth-order valence-corrected chi connectivity index (χ4v) is 3.55. The van der Waals surface area contributed by atoms with Gasteiger partial charge in [0.25, 0.3) is 0 Å². The first-order valence-corrected chi connectivity index (χ1v) is 10.7. The third-order valence-corrected chi connectivity index (χ3v) is 4.95. The second kappa shape index (κ2) is 8.41. The normalized spacial score (nSPS) is 15.4. The number of piperazine rings is 1. The quantitative estimate of drug-likeness (QED) is 0.824. The van der Waals surface area contributed by atoms with E-state index in [1.165, 1.54) is 5.56 Å². The van der Waals surface area contributed by atoms with Crippen molar-refractivity contribution in [3.63, 3.8) is 0 Å². The van der Waals surface area contributed by atoms with Gasteiger partial charge in [-0.1, -0.05) is 30.3 Å². The summed E-state index contributed by atoms with van der Waals surface area (Å²) in [6, 6.07) is 16.8. The van der Waals surface area contributed by atoms with E-state index in [4.69, 9.17) is 0 Å². The Bertz CT molecular complexity index is 862. The van der Waals surface area contributed by atoms with Gasteiger partial charge < -0.3 is 10.2 Å². The van der Waals surface area contributed by atoms with E-state index in [1.807, 2.05) is 18.2 Å². The molecule has 2 amide bonds. The molecule has 0 aliphatic carbocycles. The van der Waals surface area contributed by atoms with Crippen LogP contribution in [0.15, 0.2) is 54.6 Å². The lowest BCUT2D eigenvalue weighted by atomic mass is 10.2. The molecule has 27 heavy (non-hydrogen) atoms. The van der Waals surface area contributed by atoms with Crippen LogP contribution in [-0.4, -0.2) is 56.7 Å². The largest absolute Gasteiger partial charge is 0.322 e. The molecule has 2 aromatic carbocycles. The summed E-state index contributed by atoms with van der Waals surface area (Å²) < 4.78 is 24.8. The van der Waals surface area contributed by atoms with Crippen LogP contribution in [0.4, 0.5) is 16.2 Å². The van der Waals surface area contributed by atoms with Gasteiger partial charge in [0.05, 0.1) is 6.26 Å². The Morgan fingerprint density at radius 3 is 2.11 bits per heavy atom. The molecule has 0 saturated carbocycles. The van der Waals surface area contributed by atoms with Gasteiger partial charge in [-0.2, -0.15) is 0 Å². The zero-order valence-corrected chi connectivity index (χ0v) is 16.1. The minimum atomic E-state index is -3.31. The summed E-state index contributed by atoms with van der Waals surface area (Å²) in [6.07, 6.45) is 1.10. The zero-order valence-electron chi connectivity index (χ0n) is 15.3. The Hall–Kier alpha value is -2.58. The van der Waals surface area contributed by atoms with E-state index >= 15 is 0 Å². The van der Waals surface area contributed by atoms with E-state index in [9.17, 15) is 13.2 Å². The Balaban J connectivity index is 1.48. The zero-order chi connectivity index (χ0) is 19.3. The number of hydrogen-bond donors (Lipinski definition) is 2. The van der Waals surface area contributed by atoms with E-state index in [2.05, 4.69) is 27.1 Å². The smallest absolute Gasteiger partial charge is 0.321 e. The van der Waals surface area contributed by atoms with Crippen molar-refractivity contribution in [1.82, 2.24) is 9.80 Å². The summed E-state index contributed by atoms with van der Waals surface area (Å²) in [5.74, 6) is 0. The van der Waals surface area contributed by atoms with Crippen LogP contribution >= 0.6 is 0 Å². The minimum absolute atomic E-state index is 0.141. The molecule has 1 aliphatic rings. The summed E-state index contributed by atoms with van der Waals surface area (Å²) in [4.78, 5) is 16.6. The molecule has 7 nitrogen and oxygen atoms in total. The van der Waals surface area contributed by atoms with Crippen LogP contribution in [0, 0.1) is 0 Å². The van der Waals surface area contributed by atoms with Crippen LogP contribution in [0.3, 0.4) is 0 Å². The van der Waals surface area contributed by atoms with Gasteiger partial charge in [-0.15, -0.1) is 0 Å². The topological polar surface area (TPSA) is 81.8 Å². The van der Waals surface area contributed by atoms with Crippen molar-refractivity contribution in [2.24, 2.45) is 0 Å². The fraction of sp³-hybridized carbons (Fsp3) is 0.316. The summed E-state index contributed by atoms with van der Waals surface area (Å²) in [7, 11) is -3.31. The van der Waals surface area contributed by atoms with Crippen LogP contribution in [0.5, 0.6) is 0 Å². The predicted octanol–water partition coefficient (Wildman–Crippen LogP) is 2.41. The van der Waals surface area contributed by atoms with Crippen molar-refractivity contribution in [3.8, 4) is 0 Å². The lowest BCUT2D eigenvalue weighted by molar-refractivity contribution is 0.143. The molecule has 0 aromatic heterocycles. The number of carbonyl (C=O) groups excluding carboxylic acids is 1. The fourth-order valence-electron chi connectivity index (χ4n) is 2.99. The summed E-state index contributed by atoms with van der Waals surface area (Å²) in [5, 5.41) is 2.86. The van der Waals surface area contributed by atoms with Crippen molar-refractivity contribution in [2.75, 3.05) is 42.5 Å². The molecule has 1 heterocycles. The number of nitrogens with one attached hydrogen (secondary N) is 2. The molecule has 1 saturated heterocycles. The van der Waals surface area contributed by atoms with Gasteiger partial charge in [0.1, 0.15) is 0 Å². The Morgan fingerprint density at radius 1 is 0.926 bits per heavy atom. The number of hydrogen-bond acceptors (Lipinski definition) is 4. The highest BCUT2D eigenvalue weighted by molar-refractivity contribution is 7.92. The number of urea groups is 1. The Kier molecular flexibility index (Phi) is 5.98. The van der Waals surface area contributed by atoms with Crippen LogP contribution in [-0.2, 0) is 16.6 Å². The molecule has 3 rings (SSSR count). The average Bonchev–Trinajstić information content (AvgIpc) is 2.63. The number of benzene rings is 2. The lowest BCUT2D eigenvalue weighted by Gasteiger charge is -2.34. The molecule has 2 aromatic rings. The summed E-state index contributed by atoms with van der Waals surface area (Å²) in [5.41, 5.74) is 2.37. The maximum Gasteiger partial charge on any atom is 0.321 e. The molecule has 0 atom stereocenters. The van der Waals surface area contributed by atoms with Crippen LogP contribution in [0.25, 0.3) is 0 Å². The van der Waals surface area contributed by atoms with E-state index < -0.39 is 10.0 Å². The van der Waals surface area contributed by atoms with E-state index in [1.54, 1.807) is 29.2 Å². The molecule has 1 fully saturated rings. The molecular formula is C19H24N4O3S. The Morgan fingerprint density at radius 2 is 1.52 bits per heavy atom. The number of amides is 2.